The van der Waals surface area contributed by atoms with Crippen LogP contribution in [0.15, 0.2) is 23.1 Å². The zero-order valence-corrected chi connectivity index (χ0v) is 17.2. The predicted octanol–water partition coefficient (Wildman–Crippen LogP) is 0.992. The number of sulfonamides is 1. The number of amides is 4. The van der Waals surface area contributed by atoms with E-state index < -0.39 is 27.9 Å². The van der Waals surface area contributed by atoms with E-state index in [9.17, 15) is 22.8 Å². The minimum Gasteiger partial charge on any atom is -0.353 e. The molecular weight excluding hydrogens is 396 g/mol. The highest BCUT2D eigenvalue weighted by molar-refractivity contribution is 7.89. The summed E-state index contributed by atoms with van der Waals surface area (Å²) in [6.07, 6.45) is 3.42. The van der Waals surface area contributed by atoms with Gasteiger partial charge in [-0.1, -0.05) is 6.42 Å². The van der Waals surface area contributed by atoms with Gasteiger partial charge in [-0.05, 0) is 49.9 Å². The first-order valence-corrected chi connectivity index (χ1v) is 11.3. The summed E-state index contributed by atoms with van der Waals surface area (Å²) in [7, 11) is -3.51. The lowest BCUT2D eigenvalue weighted by Crippen LogP contribution is -2.41. The van der Waals surface area contributed by atoms with Crippen molar-refractivity contribution >= 4 is 33.6 Å². The number of urea groups is 1. The molecule has 0 unspecified atom stereocenters. The van der Waals surface area contributed by atoms with Gasteiger partial charge in [0.05, 0.1) is 4.90 Å². The third-order valence-electron chi connectivity index (χ3n) is 5.76. The average Bonchev–Trinajstić information content (AvgIpc) is 3.22. The maximum absolute atomic E-state index is 12.9. The molecule has 9 nitrogen and oxygen atoms in total. The van der Waals surface area contributed by atoms with Gasteiger partial charge in [0, 0.05) is 31.9 Å². The van der Waals surface area contributed by atoms with Crippen molar-refractivity contribution in [1.29, 1.82) is 0 Å². The fourth-order valence-electron chi connectivity index (χ4n) is 4.13. The van der Waals surface area contributed by atoms with Gasteiger partial charge in [-0.25, -0.2) is 18.1 Å². The lowest BCUT2D eigenvalue weighted by molar-refractivity contribution is -0.143. The van der Waals surface area contributed by atoms with Crippen LogP contribution < -0.4 is 4.90 Å². The van der Waals surface area contributed by atoms with E-state index in [1.165, 1.54) is 4.31 Å². The summed E-state index contributed by atoms with van der Waals surface area (Å²) >= 11 is 0. The molecule has 156 valence electrons. The SMILES string of the molecule is CCN1C(=O)C(=O)N(CN2CCc3cc(S(=O)(=O)N4CCCCC4)ccc32)C1=O. The Bertz CT molecular complexity index is 971. The van der Waals surface area contributed by atoms with Crippen LogP contribution in [0, 0.1) is 0 Å². The lowest BCUT2D eigenvalue weighted by atomic mass is 10.2. The molecule has 0 aromatic heterocycles. The number of hydrogen-bond acceptors (Lipinski definition) is 6. The summed E-state index contributed by atoms with van der Waals surface area (Å²) in [6.45, 7) is 3.40. The number of fused-ring (bicyclic) bond motifs is 1. The Kier molecular flexibility index (Phi) is 5.07. The second-order valence-electron chi connectivity index (χ2n) is 7.48. The van der Waals surface area contributed by atoms with Crippen molar-refractivity contribution in [3.05, 3.63) is 23.8 Å². The van der Waals surface area contributed by atoms with Crippen molar-refractivity contribution < 1.29 is 22.8 Å². The van der Waals surface area contributed by atoms with Gasteiger partial charge in [-0.2, -0.15) is 4.31 Å². The molecule has 0 bridgehead atoms. The minimum absolute atomic E-state index is 0.0227. The summed E-state index contributed by atoms with van der Waals surface area (Å²) < 4.78 is 27.4. The summed E-state index contributed by atoms with van der Waals surface area (Å²) in [5.41, 5.74) is 1.64. The summed E-state index contributed by atoms with van der Waals surface area (Å²) in [4.78, 5) is 40.3. The molecule has 3 aliphatic rings. The van der Waals surface area contributed by atoms with Crippen molar-refractivity contribution in [2.45, 2.75) is 37.5 Å². The van der Waals surface area contributed by atoms with Gasteiger partial charge in [-0.15, -0.1) is 0 Å². The molecule has 2 fully saturated rings. The third-order valence-corrected chi connectivity index (χ3v) is 7.65. The second-order valence-corrected chi connectivity index (χ2v) is 9.41. The van der Waals surface area contributed by atoms with Gasteiger partial charge in [-0.3, -0.25) is 14.5 Å². The Balaban J connectivity index is 1.54. The van der Waals surface area contributed by atoms with Crippen molar-refractivity contribution in [1.82, 2.24) is 14.1 Å². The first-order chi connectivity index (χ1) is 13.8. The van der Waals surface area contributed by atoms with Crippen LogP contribution >= 0.6 is 0 Å². The quantitative estimate of drug-likeness (QED) is 0.521. The summed E-state index contributed by atoms with van der Waals surface area (Å²) in [5.74, 6) is -1.63. The monoisotopic (exact) mass is 420 g/mol. The number of likely N-dealkylation sites (N-methyl/N-ethyl adjacent to an activating group) is 1. The lowest BCUT2D eigenvalue weighted by Gasteiger charge is -2.26. The largest absolute Gasteiger partial charge is 0.353 e. The Morgan fingerprint density at radius 3 is 2.28 bits per heavy atom. The molecule has 4 rings (SSSR count). The van der Waals surface area contributed by atoms with Crippen molar-refractivity contribution in [3.8, 4) is 0 Å². The molecule has 10 heteroatoms. The molecule has 29 heavy (non-hydrogen) atoms. The van der Waals surface area contributed by atoms with Crippen molar-refractivity contribution in [2.24, 2.45) is 0 Å². The molecule has 1 aromatic carbocycles. The molecule has 0 aliphatic carbocycles. The van der Waals surface area contributed by atoms with Crippen LogP contribution in [0.3, 0.4) is 0 Å². The molecule has 0 spiro atoms. The fourth-order valence-corrected chi connectivity index (χ4v) is 5.70. The maximum atomic E-state index is 12.9. The molecule has 4 amide bonds. The van der Waals surface area contributed by atoms with Crippen LogP contribution in [0.2, 0.25) is 0 Å². The van der Waals surface area contributed by atoms with Crippen molar-refractivity contribution in [2.75, 3.05) is 37.7 Å². The number of carbonyl (C=O) groups is 3. The van der Waals surface area contributed by atoms with Gasteiger partial charge >= 0.3 is 17.8 Å². The van der Waals surface area contributed by atoms with Crippen LogP contribution in [0.25, 0.3) is 0 Å². The number of rotatable bonds is 5. The smallest absolute Gasteiger partial charge is 0.335 e. The molecular formula is C19H24N4O5S. The molecule has 0 N–H and O–H groups in total. The molecule has 3 heterocycles. The Morgan fingerprint density at radius 1 is 0.931 bits per heavy atom. The van der Waals surface area contributed by atoms with E-state index in [2.05, 4.69) is 0 Å². The highest BCUT2D eigenvalue weighted by atomic mass is 32.2. The standard InChI is InChI=1S/C19H24N4O5S/c1-2-22-17(24)18(25)23(19(22)26)13-20-11-8-14-12-15(6-7-16(14)20)29(27,28)21-9-4-3-5-10-21/h6-7,12H,2-5,8-11,13H2,1H3. The van der Waals surface area contributed by atoms with Gasteiger partial charge in [0.15, 0.2) is 0 Å². The number of carbonyl (C=O) groups excluding carboxylic acids is 3. The molecule has 1 aromatic rings. The first-order valence-electron chi connectivity index (χ1n) is 9.90. The Labute approximate surface area is 169 Å². The number of anilines is 1. The number of hydrogen-bond donors (Lipinski definition) is 0. The number of piperidine rings is 1. The highest BCUT2D eigenvalue weighted by Gasteiger charge is 2.44. The van der Waals surface area contributed by atoms with E-state index in [0.717, 1.165) is 40.3 Å². The van der Waals surface area contributed by atoms with Crippen LogP contribution in [0.1, 0.15) is 31.7 Å². The predicted molar refractivity (Wildman–Crippen MR) is 105 cm³/mol. The van der Waals surface area contributed by atoms with Gasteiger partial charge < -0.3 is 4.90 Å². The van der Waals surface area contributed by atoms with Gasteiger partial charge in [0.25, 0.3) is 0 Å². The zero-order valence-electron chi connectivity index (χ0n) is 16.3. The van der Waals surface area contributed by atoms with E-state index in [4.69, 9.17) is 0 Å². The number of imide groups is 2. The van der Waals surface area contributed by atoms with E-state index >= 15 is 0 Å². The van der Waals surface area contributed by atoms with E-state index in [-0.39, 0.29) is 18.1 Å². The third kappa shape index (κ3) is 3.29. The normalized spacial score (nSPS) is 20.7. The molecule has 0 atom stereocenters. The van der Waals surface area contributed by atoms with E-state index in [1.54, 1.807) is 25.1 Å². The van der Waals surface area contributed by atoms with E-state index in [0.29, 0.717) is 26.1 Å². The topological polar surface area (TPSA) is 98.3 Å². The van der Waals surface area contributed by atoms with Crippen LogP contribution in [0.4, 0.5) is 10.5 Å². The maximum Gasteiger partial charge on any atom is 0.335 e. The van der Waals surface area contributed by atoms with Crippen LogP contribution in [-0.4, -0.2) is 73.2 Å². The van der Waals surface area contributed by atoms with Gasteiger partial charge in [0.2, 0.25) is 10.0 Å². The first kappa shape index (κ1) is 19.8. The number of benzene rings is 1. The van der Waals surface area contributed by atoms with Crippen LogP contribution in [0.5, 0.6) is 0 Å². The molecule has 3 aliphatic heterocycles. The number of nitrogens with zero attached hydrogens (tertiary/aromatic N) is 4. The molecule has 0 radical (unpaired) electrons. The fraction of sp³-hybridized carbons (Fsp3) is 0.526. The highest BCUT2D eigenvalue weighted by Crippen LogP contribution is 2.32. The molecule has 2 saturated heterocycles. The van der Waals surface area contributed by atoms with E-state index in [1.807, 2.05) is 4.90 Å². The Hall–Kier alpha value is -2.46. The second kappa shape index (κ2) is 7.42. The molecule has 0 saturated carbocycles. The van der Waals surface area contributed by atoms with Gasteiger partial charge in [0.1, 0.15) is 6.67 Å². The zero-order chi connectivity index (χ0) is 20.8. The van der Waals surface area contributed by atoms with Crippen molar-refractivity contribution in [3.63, 3.8) is 0 Å². The summed E-state index contributed by atoms with van der Waals surface area (Å²) in [5, 5.41) is 0. The Morgan fingerprint density at radius 2 is 1.62 bits per heavy atom. The van der Waals surface area contributed by atoms with Crippen LogP contribution in [-0.2, 0) is 26.0 Å². The average molecular weight is 420 g/mol. The minimum atomic E-state index is -3.51. The summed E-state index contributed by atoms with van der Waals surface area (Å²) in [6, 6.07) is 4.39.